The zero-order valence-electron chi connectivity index (χ0n) is 13.4. The first-order valence-corrected chi connectivity index (χ1v) is 7.70. The number of piperidine rings is 1. The Hall–Kier alpha value is -0.770. The van der Waals surface area contributed by atoms with Crippen molar-refractivity contribution in [2.24, 2.45) is 16.8 Å². The molecular formula is C15H32N4. The Balaban J connectivity index is 2.16. The molecule has 1 saturated heterocycles. The van der Waals surface area contributed by atoms with Gasteiger partial charge < -0.3 is 15.5 Å². The summed E-state index contributed by atoms with van der Waals surface area (Å²) in [5.41, 5.74) is 0. The molecule has 0 aromatic carbocycles. The molecule has 2 unspecified atom stereocenters. The van der Waals surface area contributed by atoms with Gasteiger partial charge in [0.15, 0.2) is 5.96 Å². The van der Waals surface area contributed by atoms with E-state index in [9.17, 15) is 0 Å². The predicted molar refractivity (Wildman–Crippen MR) is 83.6 cm³/mol. The second kappa shape index (κ2) is 8.41. The van der Waals surface area contributed by atoms with E-state index in [1.807, 2.05) is 7.05 Å². The number of nitrogens with one attached hydrogen (secondary N) is 2. The normalized spacial score (nSPS) is 25.7. The van der Waals surface area contributed by atoms with Gasteiger partial charge in [0.2, 0.25) is 0 Å². The Morgan fingerprint density at radius 2 is 1.89 bits per heavy atom. The summed E-state index contributed by atoms with van der Waals surface area (Å²) >= 11 is 0. The third kappa shape index (κ3) is 6.81. The van der Waals surface area contributed by atoms with Crippen molar-refractivity contribution >= 4 is 5.96 Å². The first-order valence-electron chi connectivity index (χ1n) is 7.70. The summed E-state index contributed by atoms with van der Waals surface area (Å²) in [4.78, 5) is 6.83. The number of hydrogen-bond donors (Lipinski definition) is 2. The molecule has 19 heavy (non-hydrogen) atoms. The maximum absolute atomic E-state index is 4.22. The molecule has 4 nitrogen and oxygen atoms in total. The third-order valence-electron chi connectivity index (χ3n) is 3.54. The fourth-order valence-electron chi connectivity index (χ4n) is 2.95. The highest BCUT2D eigenvalue weighted by molar-refractivity contribution is 5.79. The van der Waals surface area contributed by atoms with E-state index in [1.165, 1.54) is 32.5 Å². The van der Waals surface area contributed by atoms with Crippen LogP contribution in [0.1, 0.15) is 40.5 Å². The summed E-state index contributed by atoms with van der Waals surface area (Å²) in [6.45, 7) is 13.7. The maximum Gasteiger partial charge on any atom is 0.191 e. The molecule has 2 N–H and O–H groups in total. The van der Waals surface area contributed by atoms with E-state index in [2.05, 4.69) is 48.2 Å². The molecule has 0 saturated carbocycles. The lowest BCUT2D eigenvalue weighted by Gasteiger charge is -2.35. The average Bonchev–Trinajstić information content (AvgIpc) is 2.31. The molecular weight excluding hydrogens is 236 g/mol. The van der Waals surface area contributed by atoms with Crippen LogP contribution in [0.2, 0.25) is 0 Å². The minimum Gasteiger partial charge on any atom is -0.356 e. The van der Waals surface area contributed by atoms with Crippen molar-refractivity contribution in [3.05, 3.63) is 0 Å². The zero-order valence-corrected chi connectivity index (χ0v) is 13.4. The van der Waals surface area contributed by atoms with Crippen molar-refractivity contribution in [2.45, 2.75) is 46.6 Å². The lowest BCUT2D eigenvalue weighted by molar-refractivity contribution is 0.140. The SMILES string of the molecule is CN=C(NCCCN1CC(C)CC(C)C1)NC(C)C. The molecule has 0 radical (unpaired) electrons. The van der Waals surface area contributed by atoms with E-state index >= 15 is 0 Å². The van der Waals surface area contributed by atoms with E-state index in [0.717, 1.165) is 24.3 Å². The van der Waals surface area contributed by atoms with E-state index in [1.54, 1.807) is 0 Å². The Labute approximate surface area is 119 Å². The molecule has 0 spiro atoms. The average molecular weight is 268 g/mol. The van der Waals surface area contributed by atoms with Gasteiger partial charge in [0, 0.05) is 32.7 Å². The predicted octanol–water partition coefficient (Wildman–Crippen LogP) is 1.93. The van der Waals surface area contributed by atoms with Crippen molar-refractivity contribution in [3.8, 4) is 0 Å². The first kappa shape index (κ1) is 16.3. The highest BCUT2D eigenvalue weighted by Crippen LogP contribution is 2.20. The van der Waals surface area contributed by atoms with Gasteiger partial charge in [0.25, 0.3) is 0 Å². The van der Waals surface area contributed by atoms with Gasteiger partial charge in [-0.25, -0.2) is 0 Å². The van der Waals surface area contributed by atoms with Gasteiger partial charge in [0.05, 0.1) is 0 Å². The lowest BCUT2D eigenvalue weighted by atomic mass is 9.92. The molecule has 1 aliphatic heterocycles. The molecule has 0 bridgehead atoms. The van der Waals surface area contributed by atoms with Crippen molar-refractivity contribution in [1.29, 1.82) is 0 Å². The molecule has 112 valence electrons. The summed E-state index contributed by atoms with van der Waals surface area (Å²) in [6, 6.07) is 0.426. The summed E-state index contributed by atoms with van der Waals surface area (Å²) in [6.07, 6.45) is 2.57. The number of hydrogen-bond acceptors (Lipinski definition) is 2. The quantitative estimate of drug-likeness (QED) is 0.455. The largest absolute Gasteiger partial charge is 0.356 e. The topological polar surface area (TPSA) is 39.7 Å². The lowest BCUT2D eigenvalue weighted by Crippen LogP contribution is -2.43. The van der Waals surface area contributed by atoms with Crippen LogP contribution < -0.4 is 10.6 Å². The molecule has 0 aromatic rings. The van der Waals surface area contributed by atoms with E-state index in [4.69, 9.17) is 0 Å². The van der Waals surface area contributed by atoms with Crippen LogP contribution in [0.25, 0.3) is 0 Å². The number of rotatable bonds is 5. The monoisotopic (exact) mass is 268 g/mol. The van der Waals surface area contributed by atoms with Gasteiger partial charge in [-0.15, -0.1) is 0 Å². The van der Waals surface area contributed by atoms with Crippen LogP contribution >= 0.6 is 0 Å². The van der Waals surface area contributed by atoms with Crippen molar-refractivity contribution in [1.82, 2.24) is 15.5 Å². The third-order valence-corrected chi connectivity index (χ3v) is 3.54. The van der Waals surface area contributed by atoms with Crippen LogP contribution in [0, 0.1) is 11.8 Å². The summed E-state index contributed by atoms with van der Waals surface area (Å²) < 4.78 is 0. The van der Waals surface area contributed by atoms with E-state index < -0.39 is 0 Å². The molecule has 1 aliphatic rings. The fraction of sp³-hybridized carbons (Fsp3) is 0.933. The van der Waals surface area contributed by atoms with Gasteiger partial charge in [-0.05, 0) is 45.1 Å². The second-order valence-electron chi connectivity index (χ2n) is 6.36. The summed E-state index contributed by atoms with van der Waals surface area (Å²) in [5.74, 6) is 2.62. The van der Waals surface area contributed by atoms with Crippen LogP contribution in [0.3, 0.4) is 0 Å². The minimum absolute atomic E-state index is 0.426. The number of guanidine groups is 1. The number of aliphatic imine (C=N–C) groups is 1. The van der Waals surface area contributed by atoms with Gasteiger partial charge >= 0.3 is 0 Å². The Morgan fingerprint density at radius 3 is 2.42 bits per heavy atom. The summed E-state index contributed by atoms with van der Waals surface area (Å²) in [5, 5.41) is 6.68. The molecule has 2 atom stereocenters. The van der Waals surface area contributed by atoms with Crippen molar-refractivity contribution in [2.75, 3.05) is 33.2 Å². The fourth-order valence-corrected chi connectivity index (χ4v) is 2.95. The van der Waals surface area contributed by atoms with Crippen LogP contribution in [0.15, 0.2) is 4.99 Å². The molecule has 1 fully saturated rings. The zero-order chi connectivity index (χ0) is 14.3. The molecule has 1 rings (SSSR count). The van der Waals surface area contributed by atoms with Crippen LogP contribution in [0.5, 0.6) is 0 Å². The molecule has 0 amide bonds. The highest BCUT2D eigenvalue weighted by Gasteiger charge is 2.20. The highest BCUT2D eigenvalue weighted by atomic mass is 15.2. The van der Waals surface area contributed by atoms with Crippen LogP contribution in [-0.4, -0.2) is 50.1 Å². The Kier molecular flexibility index (Phi) is 7.21. The van der Waals surface area contributed by atoms with Gasteiger partial charge in [-0.2, -0.15) is 0 Å². The van der Waals surface area contributed by atoms with E-state index in [-0.39, 0.29) is 0 Å². The van der Waals surface area contributed by atoms with Crippen molar-refractivity contribution < 1.29 is 0 Å². The number of nitrogens with zero attached hydrogens (tertiary/aromatic N) is 2. The van der Waals surface area contributed by atoms with E-state index in [0.29, 0.717) is 6.04 Å². The first-order chi connectivity index (χ1) is 9.01. The minimum atomic E-state index is 0.426. The van der Waals surface area contributed by atoms with Gasteiger partial charge in [-0.1, -0.05) is 13.8 Å². The Bertz CT molecular complexity index is 265. The summed E-state index contributed by atoms with van der Waals surface area (Å²) in [7, 11) is 1.83. The maximum atomic E-state index is 4.22. The molecule has 1 heterocycles. The second-order valence-corrected chi connectivity index (χ2v) is 6.36. The van der Waals surface area contributed by atoms with Gasteiger partial charge in [0.1, 0.15) is 0 Å². The van der Waals surface area contributed by atoms with Crippen LogP contribution in [-0.2, 0) is 0 Å². The van der Waals surface area contributed by atoms with Gasteiger partial charge in [-0.3, -0.25) is 4.99 Å². The Morgan fingerprint density at radius 1 is 1.26 bits per heavy atom. The molecule has 0 aromatic heterocycles. The molecule has 0 aliphatic carbocycles. The van der Waals surface area contributed by atoms with Crippen LogP contribution in [0.4, 0.5) is 0 Å². The standard InChI is InChI=1S/C15H32N4/c1-12(2)18-15(16-5)17-7-6-8-19-10-13(3)9-14(4)11-19/h12-14H,6-11H2,1-5H3,(H2,16,17,18). The van der Waals surface area contributed by atoms with Crippen molar-refractivity contribution in [3.63, 3.8) is 0 Å². The number of likely N-dealkylation sites (tertiary alicyclic amines) is 1. The smallest absolute Gasteiger partial charge is 0.191 e. The molecule has 4 heteroatoms.